The molecule has 0 fully saturated rings. The van der Waals surface area contributed by atoms with E-state index in [4.69, 9.17) is 9.47 Å². The molecular formula is C16H18BrNO2. The third-order valence-electron chi connectivity index (χ3n) is 2.82. The van der Waals surface area contributed by atoms with Crippen LogP contribution in [0.5, 0.6) is 5.75 Å². The summed E-state index contributed by atoms with van der Waals surface area (Å²) in [5.74, 6) is 0.860. The van der Waals surface area contributed by atoms with Gasteiger partial charge in [0.2, 0.25) is 0 Å². The lowest BCUT2D eigenvalue weighted by Crippen LogP contribution is -2.09. The molecule has 0 bridgehead atoms. The second-order valence-electron chi connectivity index (χ2n) is 4.34. The number of hydrogen-bond donors (Lipinski definition) is 1. The van der Waals surface area contributed by atoms with Crippen LogP contribution < -0.4 is 10.1 Å². The number of methoxy groups -OCH3 is 1. The first kappa shape index (κ1) is 14.9. The maximum atomic E-state index is 5.64. The van der Waals surface area contributed by atoms with Crippen molar-refractivity contribution in [1.29, 1.82) is 0 Å². The average Bonchev–Trinajstić information content (AvgIpc) is 2.49. The lowest BCUT2D eigenvalue weighted by atomic mass is 10.2. The number of benzene rings is 2. The fourth-order valence-electron chi connectivity index (χ4n) is 1.79. The molecule has 106 valence electrons. The minimum atomic E-state index is 0.596. The van der Waals surface area contributed by atoms with Gasteiger partial charge in [0, 0.05) is 16.7 Å². The van der Waals surface area contributed by atoms with Gasteiger partial charge in [-0.1, -0.05) is 28.1 Å². The van der Waals surface area contributed by atoms with Crippen LogP contribution >= 0.6 is 15.9 Å². The number of anilines is 1. The van der Waals surface area contributed by atoms with Crippen LogP contribution in [-0.2, 0) is 11.3 Å². The Morgan fingerprint density at radius 3 is 2.65 bits per heavy atom. The highest BCUT2D eigenvalue weighted by atomic mass is 79.9. The Hall–Kier alpha value is -1.52. The zero-order valence-corrected chi connectivity index (χ0v) is 13.0. The third-order valence-corrected chi connectivity index (χ3v) is 3.35. The molecular weight excluding hydrogens is 318 g/mol. The first-order chi connectivity index (χ1) is 9.78. The van der Waals surface area contributed by atoms with Gasteiger partial charge in [-0.2, -0.15) is 0 Å². The monoisotopic (exact) mass is 335 g/mol. The summed E-state index contributed by atoms with van der Waals surface area (Å²) in [7, 11) is 1.67. The van der Waals surface area contributed by atoms with Crippen LogP contribution in [0.1, 0.15) is 5.56 Å². The molecule has 0 heterocycles. The Labute approximate surface area is 128 Å². The molecule has 0 aliphatic rings. The molecule has 0 spiro atoms. The maximum absolute atomic E-state index is 5.64. The fraction of sp³-hybridized carbons (Fsp3) is 0.250. The van der Waals surface area contributed by atoms with E-state index in [0.717, 1.165) is 28.0 Å². The van der Waals surface area contributed by atoms with Gasteiger partial charge in [-0.25, -0.2) is 0 Å². The lowest BCUT2D eigenvalue weighted by molar-refractivity contribution is 0.130. The topological polar surface area (TPSA) is 30.5 Å². The molecule has 0 atom stereocenters. The van der Waals surface area contributed by atoms with E-state index in [1.807, 2.05) is 48.5 Å². The van der Waals surface area contributed by atoms with Crippen LogP contribution in [0.3, 0.4) is 0 Å². The Kier molecular flexibility index (Phi) is 5.89. The van der Waals surface area contributed by atoms with Crippen LogP contribution in [0, 0.1) is 0 Å². The molecule has 0 aliphatic heterocycles. The number of ether oxygens (including phenoxy) is 2. The lowest BCUT2D eigenvalue weighted by Gasteiger charge is -2.08. The molecule has 0 aromatic heterocycles. The van der Waals surface area contributed by atoms with Crippen molar-refractivity contribution in [3.05, 3.63) is 58.6 Å². The highest BCUT2D eigenvalue weighted by Crippen LogP contribution is 2.14. The smallest absolute Gasteiger partial charge is 0.119 e. The summed E-state index contributed by atoms with van der Waals surface area (Å²) in [5.41, 5.74) is 2.21. The molecule has 2 aromatic carbocycles. The number of rotatable bonds is 7. The van der Waals surface area contributed by atoms with E-state index in [-0.39, 0.29) is 0 Å². The largest absolute Gasteiger partial charge is 0.497 e. The molecule has 20 heavy (non-hydrogen) atoms. The van der Waals surface area contributed by atoms with Gasteiger partial charge in [-0.15, -0.1) is 0 Å². The van der Waals surface area contributed by atoms with Crippen molar-refractivity contribution in [3.8, 4) is 5.75 Å². The van der Waals surface area contributed by atoms with E-state index < -0.39 is 0 Å². The van der Waals surface area contributed by atoms with Gasteiger partial charge in [0.1, 0.15) is 5.75 Å². The van der Waals surface area contributed by atoms with Crippen molar-refractivity contribution >= 4 is 21.6 Å². The Morgan fingerprint density at radius 1 is 1.10 bits per heavy atom. The summed E-state index contributed by atoms with van der Waals surface area (Å²) in [6.45, 7) is 2.04. The van der Waals surface area contributed by atoms with Gasteiger partial charge in [0.25, 0.3) is 0 Å². The van der Waals surface area contributed by atoms with Gasteiger partial charge in [0.15, 0.2) is 0 Å². The van der Waals surface area contributed by atoms with Crippen LogP contribution in [0.25, 0.3) is 0 Å². The first-order valence-electron chi connectivity index (χ1n) is 6.48. The highest BCUT2D eigenvalue weighted by molar-refractivity contribution is 9.10. The second-order valence-corrected chi connectivity index (χ2v) is 5.25. The van der Waals surface area contributed by atoms with Crippen molar-refractivity contribution in [3.63, 3.8) is 0 Å². The summed E-state index contributed by atoms with van der Waals surface area (Å²) in [5, 5.41) is 3.31. The van der Waals surface area contributed by atoms with Crippen LogP contribution in [0.2, 0.25) is 0 Å². The summed E-state index contributed by atoms with van der Waals surface area (Å²) >= 11 is 3.41. The molecule has 0 aliphatic carbocycles. The molecule has 0 saturated carbocycles. The highest BCUT2D eigenvalue weighted by Gasteiger charge is 1.96. The maximum Gasteiger partial charge on any atom is 0.119 e. The van der Waals surface area contributed by atoms with Crippen LogP contribution in [-0.4, -0.2) is 20.3 Å². The SMILES string of the molecule is COc1cccc(COCCNc2ccc(Br)cc2)c1. The number of nitrogens with one attached hydrogen (secondary N) is 1. The number of halogens is 1. The van der Waals surface area contributed by atoms with Crippen molar-refractivity contribution in [2.24, 2.45) is 0 Å². The standard InChI is InChI=1S/C16H18BrNO2/c1-19-16-4-2-3-13(11-16)12-20-10-9-18-15-7-5-14(17)6-8-15/h2-8,11,18H,9-10,12H2,1H3. The molecule has 2 rings (SSSR count). The zero-order chi connectivity index (χ0) is 14.2. The minimum Gasteiger partial charge on any atom is -0.497 e. The summed E-state index contributed by atoms with van der Waals surface area (Å²) in [6.07, 6.45) is 0. The van der Waals surface area contributed by atoms with E-state index >= 15 is 0 Å². The van der Waals surface area contributed by atoms with Crippen molar-refractivity contribution in [2.75, 3.05) is 25.6 Å². The molecule has 1 N–H and O–H groups in total. The predicted molar refractivity (Wildman–Crippen MR) is 85.3 cm³/mol. The Morgan fingerprint density at radius 2 is 1.90 bits per heavy atom. The summed E-state index contributed by atoms with van der Waals surface area (Å²) in [6, 6.07) is 16.0. The normalized spacial score (nSPS) is 10.3. The van der Waals surface area contributed by atoms with Crippen molar-refractivity contribution in [2.45, 2.75) is 6.61 Å². The second kappa shape index (κ2) is 7.92. The molecule has 0 unspecified atom stereocenters. The first-order valence-corrected chi connectivity index (χ1v) is 7.27. The predicted octanol–water partition coefficient (Wildman–Crippen LogP) is 4.09. The van der Waals surface area contributed by atoms with Crippen LogP contribution in [0.15, 0.2) is 53.0 Å². The molecule has 0 saturated heterocycles. The molecule has 2 aromatic rings. The van der Waals surface area contributed by atoms with E-state index in [9.17, 15) is 0 Å². The van der Waals surface area contributed by atoms with Gasteiger partial charge in [0.05, 0.1) is 20.3 Å². The Balaban J connectivity index is 1.67. The van der Waals surface area contributed by atoms with Gasteiger partial charge in [-0.3, -0.25) is 0 Å². The molecule has 3 nitrogen and oxygen atoms in total. The molecule has 0 amide bonds. The average molecular weight is 336 g/mol. The van der Waals surface area contributed by atoms with E-state index in [0.29, 0.717) is 13.2 Å². The molecule has 4 heteroatoms. The van der Waals surface area contributed by atoms with E-state index in [1.54, 1.807) is 7.11 Å². The van der Waals surface area contributed by atoms with Crippen LogP contribution in [0.4, 0.5) is 5.69 Å². The van der Waals surface area contributed by atoms with Crippen molar-refractivity contribution in [1.82, 2.24) is 0 Å². The van der Waals surface area contributed by atoms with E-state index in [1.165, 1.54) is 0 Å². The van der Waals surface area contributed by atoms with Gasteiger partial charge in [-0.05, 0) is 42.0 Å². The Bertz CT molecular complexity index is 528. The minimum absolute atomic E-state index is 0.596. The summed E-state index contributed by atoms with van der Waals surface area (Å²) < 4.78 is 11.9. The van der Waals surface area contributed by atoms with Gasteiger partial charge < -0.3 is 14.8 Å². The fourth-order valence-corrected chi connectivity index (χ4v) is 2.05. The molecule has 0 radical (unpaired) electrons. The van der Waals surface area contributed by atoms with Crippen molar-refractivity contribution < 1.29 is 9.47 Å². The van der Waals surface area contributed by atoms with Gasteiger partial charge >= 0.3 is 0 Å². The quantitative estimate of drug-likeness (QED) is 0.773. The summed E-state index contributed by atoms with van der Waals surface area (Å²) in [4.78, 5) is 0. The zero-order valence-electron chi connectivity index (χ0n) is 11.4. The van der Waals surface area contributed by atoms with E-state index in [2.05, 4.69) is 21.2 Å². The number of hydrogen-bond acceptors (Lipinski definition) is 3. The third kappa shape index (κ3) is 4.87.